The van der Waals surface area contributed by atoms with Crippen LogP contribution in [0, 0.1) is 11.3 Å². The normalized spacial score (nSPS) is 15.2. The number of fused-ring (bicyclic) bond motifs is 1. The molecule has 0 spiro atoms. The third-order valence-electron chi connectivity index (χ3n) is 5.27. The van der Waals surface area contributed by atoms with Gasteiger partial charge in [-0.15, -0.1) is 0 Å². The Labute approximate surface area is 186 Å². The molecule has 1 aliphatic rings. The Morgan fingerprint density at radius 3 is 2.21 bits per heavy atom. The number of rotatable bonds is 2. The molecule has 0 radical (unpaired) electrons. The van der Waals surface area contributed by atoms with Crippen LogP contribution >= 0.6 is 11.6 Å². The molecule has 174 valence electrons. The van der Waals surface area contributed by atoms with E-state index >= 15 is 0 Å². The number of nitrogens with zero attached hydrogens (tertiary/aromatic N) is 5. The van der Waals surface area contributed by atoms with Crippen LogP contribution in [0.1, 0.15) is 16.7 Å². The summed E-state index contributed by atoms with van der Waals surface area (Å²) in [6.45, 7) is 1.09. The first-order valence-electron chi connectivity index (χ1n) is 9.39. The standard InChI is InChI=1S/C19H13ClF6N6O/c20-13-7-10(18(21,22)23)1-2-14(13)30-3-5-31(6-4-30)16-11(8-27)15-28-9-12(19(24,25)26)17(33)32(15)29-16/h1-2,7,9,29H,3-6H2. The maximum absolute atomic E-state index is 13.0. The lowest BCUT2D eigenvalue weighted by atomic mass is 10.1. The third kappa shape index (κ3) is 4.06. The van der Waals surface area contributed by atoms with Crippen LogP contribution in [-0.2, 0) is 12.4 Å². The highest BCUT2D eigenvalue weighted by Gasteiger charge is 2.36. The zero-order valence-electron chi connectivity index (χ0n) is 16.4. The second kappa shape index (κ2) is 7.87. The van der Waals surface area contributed by atoms with E-state index in [0.717, 1.165) is 12.1 Å². The molecule has 1 fully saturated rings. The van der Waals surface area contributed by atoms with Gasteiger partial charge >= 0.3 is 12.4 Å². The number of nitrogens with one attached hydrogen (secondary N) is 1. The number of aromatic amines is 1. The van der Waals surface area contributed by atoms with Crippen molar-refractivity contribution in [3.8, 4) is 6.07 Å². The molecule has 7 nitrogen and oxygen atoms in total. The van der Waals surface area contributed by atoms with Gasteiger partial charge in [-0.25, -0.2) is 4.98 Å². The number of H-pyrrole nitrogens is 1. The zero-order chi connectivity index (χ0) is 24.1. The first kappa shape index (κ1) is 22.8. The fourth-order valence-corrected chi connectivity index (χ4v) is 3.94. The number of nitriles is 1. The predicted molar refractivity (Wildman–Crippen MR) is 106 cm³/mol. The summed E-state index contributed by atoms with van der Waals surface area (Å²) in [5.74, 6) is 0.125. The highest BCUT2D eigenvalue weighted by atomic mass is 35.5. The molecule has 0 aliphatic carbocycles. The van der Waals surface area contributed by atoms with E-state index in [-0.39, 0.29) is 35.1 Å². The van der Waals surface area contributed by atoms with Crippen molar-refractivity contribution < 1.29 is 26.3 Å². The van der Waals surface area contributed by atoms with Gasteiger partial charge in [0.25, 0.3) is 5.56 Å². The Kier molecular flexibility index (Phi) is 5.44. The topological polar surface area (TPSA) is 80.4 Å². The van der Waals surface area contributed by atoms with E-state index in [2.05, 4.69) is 10.1 Å². The fourth-order valence-electron chi connectivity index (χ4n) is 3.64. The molecule has 1 N–H and O–H groups in total. The molecule has 14 heteroatoms. The van der Waals surface area contributed by atoms with Crippen LogP contribution < -0.4 is 15.4 Å². The van der Waals surface area contributed by atoms with Crippen molar-refractivity contribution in [2.24, 2.45) is 0 Å². The smallest absolute Gasteiger partial charge is 0.367 e. The molecule has 3 heterocycles. The highest BCUT2D eigenvalue weighted by Crippen LogP contribution is 2.36. The van der Waals surface area contributed by atoms with Crippen LogP contribution in [0.2, 0.25) is 5.02 Å². The lowest BCUT2D eigenvalue weighted by Gasteiger charge is -2.37. The summed E-state index contributed by atoms with van der Waals surface area (Å²) in [7, 11) is 0. The average Bonchev–Trinajstić information content (AvgIpc) is 3.12. The molecule has 2 aromatic heterocycles. The van der Waals surface area contributed by atoms with Crippen molar-refractivity contribution in [2.45, 2.75) is 12.4 Å². The summed E-state index contributed by atoms with van der Waals surface area (Å²) >= 11 is 6.05. The summed E-state index contributed by atoms with van der Waals surface area (Å²) in [4.78, 5) is 19.3. The van der Waals surface area contributed by atoms with Crippen LogP contribution in [0.5, 0.6) is 0 Å². The van der Waals surface area contributed by atoms with Gasteiger partial charge < -0.3 is 9.80 Å². The maximum Gasteiger partial charge on any atom is 0.423 e. The van der Waals surface area contributed by atoms with E-state index in [4.69, 9.17) is 11.6 Å². The highest BCUT2D eigenvalue weighted by molar-refractivity contribution is 6.33. The van der Waals surface area contributed by atoms with Gasteiger partial charge in [-0.3, -0.25) is 9.89 Å². The molecular formula is C19H13ClF6N6O. The fraction of sp³-hybridized carbons (Fsp3) is 0.316. The van der Waals surface area contributed by atoms with E-state index in [9.17, 15) is 36.4 Å². The van der Waals surface area contributed by atoms with E-state index in [0.29, 0.717) is 29.5 Å². The predicted octanol–water partition coefficient (Wildman–Crippen LogP) is 3.91. The Morgan fingerprint density at radius 2 is 1.67 bits per heavy atom. The minimum absolute atomic E-state index is 0.0722. The number of piperazine rings is 1. The average molecular weight is 491 g/mol. The molecule has 3 aromatic rings. The third-order valence-corrected chi connectivity index (χ3v) is 5.57. The molecular weight excluding hydrogens is 478 g/mol. The summed E-state index contributed by atoms with van der Waals surface area (Å²) in [6.07, 6.45) is -9.04. The Bertz CT molecular complexity index is 1310. The van der Waals surface area contributed by atoms with Gasteiger partial charge in [0.15, 0.2) is 5.65 Å². The van der Waals surface area contributed by atoms with E-state index in [1.807, 2.05) is 6.07 Å². The van der Waals surface area contributed by atoms with Crippen LogP contribution in [-0.4, -0.2) is 40.8 Å². The Hall–Kier alpha value is -3.40. The monoisotopic (exact) mass is 490 g/mol. The van der Waals surface area contributed by atoms with E-state index < -0.39 is 29.0 Å². The Balaban J connectivity index is 1.61. The van der Waals surface area contributed by atoms with Gasteiger partial charge in [0.2, 0.25) is 0 Å². The van der Waals surface area contributed by atoms with E-state index in [1.54, 1.807) is 9.80 Å². The van der Waals surface area contributed by atoms with Gasteiger partial charge in [-0.05, 0) is 18.2 Å². The molecule has 0 bridgehead atoms. The first-order valence-corrected chi connectivity index (χ1v) is 9.77. The summed E-state index contributed by atoms with van der Waals surface area (Å²) in [5, 5.41) is 12.0. The quantitative estimate of drug-likeness (QED) is 0.551. The van der Waals surface area contributed by atoms with Gasteiger partial charge in [-0.2, -0.15) is 36.1 Å². The number of aromatic nitrogens is 3. The van der Waals surface area contributed by atoms with Crippen molar-refractivity contribution in [3.05, 3.63) is 56.5 Å². The van der Waals surface area contributed by atoms with E-state index in [1.165, 1.54) is 6.07 Å². The molecule has 1 aliphatic heterocycles. The van der Waals surface area contributed by atoms with Gasteiger partial charge in [0, 0.05) is 32.4 Å². The largest absolute Gasteiger partial charge is 0.423 e. The molecule has 1 aromatic carbocycles. The minimum Gasteiger partial charge on any atom is -0.367 e. The minimum atomic E-state index is -4.91. The molecule has 0 unspecified atom stereocenters. The van der Waals surface area contributed by atoms with Crippen molar-refractivity contribution in [3.63, 3.8) is 0 Å². The van der Waals surface area contributed by atoms with Gasteiger partial charge in [0.05, 0.1) is 16.3 Å². The summed E-state index contributed by atoms with van der Waals surface area (Å²) in [6, 6.07) is 4.89. The number of benzene rings is 1. The molecule has 0 atom stereocenters. The SMILES string of the molecule is N#Cc1c(N2CCN(c3ccc(C(F)(F)F)cc3Cl)CC2)[nH]n2c(=O)c(C(F)(F)F)cnc12. The zero-order valence-corrected chi connectivity index (χ0v) is 17.2. The molecule has 33 heavy (non-hydrogen) atoms. The molecule has 0 amide bonds. The Morgan fingerprint density at radius 1 is 1.03 bits per heavy atom. The van der Waals surface area contributed by atoms with Crippen LogP contribution in [0.3, 0.4) is 0 Å². The second-order valence-corrected chi connectivity index (χ2v) is 7.63. The lowest BCUT2D eigenvalue weighted by Crippen LogP contribution is -2.47. The molecule has 1 saturated heterocycles. The first-order chi connectivity index (χ1) is 15.4. The van der Waals surface area contributed by atoms with Gasteiger partial charge in [0.1, 0.15) is 23.0 Å². The van der Waals surface area contributed by atoms with Crippen LogP contribution in [0.25, 0.3) is 5.65 Å². The molecule has 4 rings (SSSR count). The van der Waals surface area contributed by atoms with Crippen molar-refractivity contribution >= 4 is 28.8 Å². The number of hydrogen-bond acceptors (Lipinski definition) is 5. The summed E-state index contributed by atoms with van der Waals surface area (Å²) < 4.78 is 78.2. The van der Waals surface area contributed by atoms with Crippen LogP contribution in [0.15, 0.2) is 29.2 Å². The van der Waals surface area contributed by atoms with Crippen molar-refractivity contribution in [1.29, 1.82) is 5.26 Å². The lowest BCUT2D eigenvalue weighted by molar-refractivity contribution is -0.139. The number of anilines is 2. The van der Waals surface area contributed by atoms with Gasteiger partial charge in [-0.1, -0.05) is 11.6 Å². The van der Waals surface area contributed by atoms with Crippen LogP contribution in [0.4, 0.5) is 37.8 Å². The summed E-state index contributed by atoms with van der Waals surface area (Å²) in [5.41, 5.74) is -3.66. The number of halogens is 7. The number of hydrogen-bond donors (Lipinski definition) is 1. The number of alkyl halides is 6. The molecule has 0 saturated carbocycles. The van der Waals surface area contributed by atoms with Crippen molar-refractivity contribution in [2.75, 3.05) is 36.0 Å². The van der Waals surface area contributed by atoms with Crippen molar-refractivity contribution in [1.82, 2.24) is 14.6 Å². The maximum atomic E-state index is 13.0. The second-order valence-electron chi connectivity index (χ2n) is 7.22.